The third-order valence-corrected chi connectivity index (χ3v) is 3.69. The zero-order valence-corrected chi connectivity index (χ0v) is 11.1. The predicted molar refractivity (Wildman–Crippen MR) is 69.9 cm³/mol. The average molecular weight is 265 g/mol. The molecule has 0 saturated carbocycles. The number of carboxylic acid groups (broad SMARTS) is 1. The largest absolute Gasteiger partial charge is 0.478 e. The van der Waals surface area contributed by atoms with Crippen molar-refractivity contribution in [2.24, 2.45) is 0 Å². The van der Waals surface area contributed by atoms with Crippen LogP contribution in [-0.2, 0) is 0 Å². The molecule has 0 amide bonds. The van der Waals surface area contributed by atoms with Gasteiger partial charge >= 0.3 is 5.97 Å². The Hall–Kier alpha value is -1.69. The lowest BCUT2D eigenvalue weighted by molar-refractivity contribution is 0.0697. The third kappa shape index (κ3) is 2.28. The fraction of sp³-hybridized carbons (Fsp3) is 0.417. The lowest BCUT2D eigenvalue weighted by Crippen LogP contribution is -2.07. The highest BCUT2D eigenvalue weighted by atomic mass is 32.1. The van der Waals surface area contributed by atoms with E-state index in [9.17, 15) is 9.90 Å². The van der Waals surface area contributed by atoms with Crippen LogP contribution in [0, 0.1) is 0 Å². The van der Waals surface area contributed by atoms with Crippen molar-refractivity contribution in [2.45, 2.75) is 32.7 Å². The van der Waals surface area contributed by atoms with Crippen molar-refractivity contribution in [3.63, 3.8) is 0 Å². The summed E-state index contributed by atoms with van der Waals surface area (Å²) in [6, 6.07) is 0.233. The second kappa shape index (κ2) is 5.30. The van der Waals surface area contributed by atoms with Crippen molar-refractivity contribution in [2.75, 3.05) is 0 Å². The molecule has 5 nitrogen and oxygen atoms in total. The highest BCUT2D eigenvalue weighted by molar-refractivity contribution is 7.13. The van der Waals surface area contributed by atoms with E-state index in [1.165, 1.54) is 11.3 Å². The molecule has 0 atom stereocenters. The Kier molecular flexibility index (Phi) is 3.76. The maximum atomic E-state index is 11.3. The molecule has 0 radical (unpaired) electrons. The van der Waals surface area contributed by atoms with E-state index >= 15 is 0 Å². The zero-order valence-electron chi connectivity index (χ0n) is 10.3. The van der Waals surface area contributed by atoms with Crippen molar-refractivity contribution in [1.82, 2.24) is 14.8 Å². The van der Waals surface area contributed by atoms with Crippen LogP contribution < -0.4 is 0 Å². The molecule has 2 aromatic rings. The smallest absolute Gasteiger partial charge is 0.339 e. The van der Waals surface area contributed by atoms with Crippen LogP contribution in [0.5, 0.6) is 0 Å². The predicted octanol–water partition coefficient (Wildman–Crippen LogP) is 3.07. The summed E-state index contributed by atoms with van der Waals surface area (Å²) < 4.78 is 1.75. The van der Waals surface area contributed by atoms with Gasteiger partial charge in [-0.15, -0.1) is 11.3 Å². The highest BCUT2D eigenvalue weighted by Gasteiger charge is 2.20. The van der Waals surface area contributed by atoms with Gasteiger partial charge in [0.2, 0.25) is 0 Å². The molecule has 96 valence electrons. The summed E-state index contributed by atoms with van der Waals surface area (Å²) in [7, 11) is 0. The molecule has 1 N–H and O–H groups in total. The molecule has 2 rings (SSSR count). The van der Waals surface area contributed by atoms with Gasteiger partial charge in [-0.25, -0.2) is 9.78 Å². The van der Waals surface area contributed by atoms with E-state index in [2.05, 4.69) is 23.9 Å². The Morgan fingerprint density at radius 3 is 2.72 bits per heavy atom. The van der Waals surface area contributed by atoms with Gasteiger partial charge in [0.1, 0.15) is 16.3 Å². The Balaban J connectivity index is 2.48. The first-order valence-corrected chi connectivity index (χ1v) is 6.77. The molecule has 0 fully saturated rings. The summed E-state index contributed by atoms with van der Waals surface area (Å²) in [6.07, 6.45) is 5.11. The Bertz CT molecular complexity index is 530. The number of carboxylic acids is 1. The molecule has 2 aromatic heterocycles. The fourth-order valence-corrected chi connectivity index (χ4v) is 2.53. The van der Waals surface area contributed by atoms with Gasteiger partial charge < -0.3 is 5.11 Å². The fourth-order valence-electron chi connectivity index (χ4n) is 1.90. The maximum absolute atomic E-state index is 11.3. The minimum absolute atomic E-state index is 0.219. The maximum Gasteiger partial charge on any atom is 0.339 e. The van der Waals surface area contributed by atoms with Crippen LogP contribution in [-0.4, -0.2) is 25.8 Å². The van der Waals surface area contributed by atoms with E-state index in [0.29, 0.717) is 10.7 Å². The van der Waals surface area contributed by atoms with Crippen molar-refractivity contribution < 1.29 is 9.90 Å². The van der Waals surface area contributed by atoms with Gasteiger partial charge in [0, 0.05) is 17.8 Å². The molecule has 6 heteroatoms. The summed E-state index contributed by atoms with van der Waals surface area (Å²) in [5.74, 6) is -0.961. The summed E-state index contributed by atoms with van der Waals surface area (Å²) in [5.41, 5.74) is 0.682. The van der Waals surface area contributed by atoms with Crippen molar-refractivity contribution >= 4 is 17.3 Å². The number of aromatic nitrogens is 3. The Morgan fingerprint density at radius 1 is 1.50 bits per heavy atom. The van der Waals surface area contributed by atoms with Crippen LogP contribution in [0.4, 0.5) is 0 Å². The van der Waals surface area contributed by atoms with Crippen molar-refractivity contribution in [1.29, 1.82) is 0 Å². The number of nitrogens with zero attached hydrogens (tertiary/aromatic N) is 3. The van der Waals surface area contributed by atoms with Gasteiger partial charge in [-0.3, -0.25) is 4.68 Å². The number of rotatable bonds is 5. The van der Waals surface area contributed by atoms with Crippen LogP contribution in [0.3, 0.4) is 0 Å². The highest BCUT2D eigenvalue weighted by Crippen LogP contribution is 2.26. The van der Waals surface area contributed by atoms with E-state index in [1.54, 1.807) is 17.1 Å². The number of hydrogen-bond donors (Lipinski definition) is 1. The van der Waals surface area contributed by atoms with Crippen LogP contribution in [0.1, 0.15) is 43.1 Å². The molecular weight excluding hydrogens is 250 g/mol. The van der Waals surface area contributed by atoms with Crippen molar-refractivity contribution in [3.05, 3.63) is 23.3 Å². The zero-order chi connectivity index (χ0) is 13.1. The SMILES string of the molecule is CCC(CC)n1cc(C(=O)O)c(-c2nccs2)n1. The minimum atomic E-state index is -0.961. The summed E-state index contributed by atoms with van der Waals surface area (Å²) >= 11 is 1.40. The third-order valence-electron chi connectivity index (χ3n) is 2.91. The van der Waals surface area contributed by atoms with E-state index in [0.717, 1.165) is 12.8 Å². The normalized spacial score (nSPS) is 11.1. The molecule has 18 heavy (non-hydrogen) atoms. The number of thiazole rings is 1. The van der Waals surface area contributed by atoms with E-state index in [4.69, 9.17) is 0 Å². The number of carbonyl (C=O) groups is 1. The van der Waals surface area contributed by atoms with E-state index in [1.807, 2.05) is 5.38 Å². The monoisotopic (exact) mass is 265 g/mol. The topological polar surface area (TPSA) is 68.0 Å². The van der Waals surface area contributed by atoms with Crippen molar-refractivity contribution in [3.8, 4) is 10.7 Å². The first-order chi connectivity index (χ1) is 8.67. The molecule has 0 aliphatic rings. The van der Waals surface area contributed by atoms with Crippen LogP contribution in [0.25, 0.3) is 10.7 Å². The van der Waals surface area contributed by atoms with E-state index in [-0.39, 0.29) is 11.6 Å². The number of hydrogen-bond acceptors (Lipinski definition) is 4. The van der Waals surface area contributed by atoms with Gasteiger partial charge in [0.15, 0.2) is 0 Å². The standard InChI is InChI=1S/C12H15N3O2S/c1-3-8(4-2)15-7-9(12(16)17)10(14-15)11-13-5-6-18-11/h5-8H,3-4H2,1-2H3,(H,16,17). The first kappa shape index (κ1) is 12.8. The summed E-state index contributed by atoms with van der Waals surface area (Å²) in [4.78, 5) is 15.4. The minimum Gasteiger partial charge on any atom is -0.478 e. The van der Waals surface area contributed by atoms with Gasteiger partial charge in [0.25, 0.3) is 0 Å². The van der Waals surface area contributed by atoms with Crippen LogP contribution in [0.2, 0.25) is 0 Å². The Labute approximate surface area is 109 Å². The Morgan fingerprint density at radius 2 is 2.22 bits per heavy atom. The molecule has 0 aliphatic heterocycles. The lowest BCUT2D eigenvalue weighted by atomic mass is 10.2. The molecule has 0 unspecified atom stereocenters. The summed E-state index contributed by atoms with van der Waals surface area (Å²) in [6.45, 7) is 4.14. The molecule has 0 spiro atoms. The van der Waals surface area contributed by atoms with Gasteiger partial charge in [-0.2, -0.15) is 5.10 Å². The average Bonchev–Trinajstić information content (AvgIpc) is 2.98. The molecular formula is C12H15N3O2S. The molecule has 0 aromatic carbocycles. The molecule has 0 bridgehead atoms. The van der Waals surface area contributed by atoms with Gasteiger partial charge in [-0.05, 0) is 12.8 Å². The lowest BCUT2D eigenvalue weighted by Gasteiger charge is -2.12. The van der Waals surface area contributed by atoms with Crippen LogP contribution >= 0.6 is 11.3 Å². The first-order valence-electron chi connectivity index (χ1n) is 5.89. The van der Waals surface area contributed by atoms with Gasteiger partial charge in [0.05, 0.1) is 6.04 Å². The quantitative estimate of drug-likeness (QED) is 0.902. The number of aromatic carboxylic acids is 1. The van der Waals surface area contributed by atoms with Crippen LogP contribution in [0.15, 0.2) is 17.8 Å². The molecule has 0 saturated heterocycles. The van der Waals surface area contributed by atoms with Gasteiger partial charge in [-0.1, -0.05) is 13.8 Å². The molecule has 2 heterocycles. The summed E-state index contributed by atoms with van der Waals surface area (Å²) in [5, 5.41) is 16.1. The molecule has 0 aliphatic carbocycles. The van der Waals surface area contributed by atoms with E-state index < -0.39 is 5.97 Å². The second-order valence-corrected chi connectivity index (χ2v) is 4.88. The second-order valence-electron chi connectivity index (χ2n) is 3.98.